The van der Waals surface area contributed by atoms with Crippen LogP contribution in [0.5, 0.6) is 0 Å². The van der Waals surface area contributed by atoms with Crippen LogP contribution in [0.1, 0.15) is 17.9 Å². The van der Waals surface area contributed by atoms with Gasteiger partial charge in [0.15, 0.2) is 4.84 Å². The van der Waals surface area contributed by atoms with E-state index in [1.54, 1.807) is 17.5 Å². The second-order valence-corrected chi connectivity index (χ2v) is 6.43. The monoisotopic (exact) mass is 347 g/mol. The molecule has 1 aromatic heterocycles. The van der Waals surface area contributed by atoms with Crippen molar-refractivity contribution in [1.29, 1.82) is 0 Å². The summed E-state index contributed by atoms with van der Waals surface area (Å²) in [5, 5.41) is 1.72. The number of carbonyl (C=O) groups excluding carboxylic acids is 1. The topological polar surface area (TPSA) is 29.5 Å². The summed E-state index contributed by atoms with van der Waals surface area (Å²) in [5.74, 6) is -1.02. The molecule has 1 saturated heterocycles. The number of amides is 1. The first kappa shape index (κ1) is 15.9. The van der Waals surface area contributed by atoms with Crippen molar-refractivity contribution in [3.05, 3.63) is 22.4 Å². The molecule has 2 atom stereocenters. The summed E-state index contributed by atoms with van der Waals surface area (Å²) in [6.07, 6.45) is -5.60. The summed E-state index contributed by atoms with van der Waals surface area (Å²) in [5.41, 5.74) is -2.74. The molecule has 0 aliphatic carbocycles. The zero-order valence-corrected chi connectivity index (χ0v) is 12.5. The molecule has 1 aliphatic rings. The van der Waals surface area contributed by atoms with Gasteiger partial charge in [0.1, 0.15) is 6.10 Å². The van der Waals surface area contributed by atoms with Crippen molar-refractivity contribution in [2.24, 2.45) is 0 Å². The molecule has 2 rings (SSSR count). The Morgan fingerprint density at radius 1 is 1.60 bits per heavy atom. The largest absolute Gasteiger partial charge is 0.436 e. The van der Waals surface area contributed by atoms with Crippen LogP contribution in [0.2, 0.25) is 0 Å². The lowest BCUT2D eigenvalue weighted by Gasteiger charge is -2.35. The number of halogens is 5. The molecule has 1 fully saturated rings. The van der Waals surface area contributed by atoms with Crippen LogP contribution < -0.4 is 0 Å². The minimum absolute atomic E-state index is 0.245. The molecule has 0 aromatic carbocycles. The molecular formula is C11H10Cl2F3NO2S. The predicted molar refractivity (Wildman–Crippen MR) is 69.8 cm³/mol. The third-order valence-corrected chi connectivity index (χ3v) is 4.41. The highest BCUT2D eigenvalue weighted by molar-refractivity contribution is 7.10. The van der Waals surface area contributed by atoms with Crippen molar-refractivity contribution in [3.8, 4) is 0 Å². The molecule has 1 aliphatic heterocycles. The van der Waals surface area contributed by atoms with E-state index in [4.69, 9.17) is 27.9 Å². The molecule has 0 spiro atoms. The van der Waals surface area contributed by atoms with Gasteiger partial charge in [-0.1, -0.05) is 29.3 Å². The van der Waals surface area contributed by atoms with Gasteiger partial charge in [0.25, 0.3) is 5.91 Å². The van der Waals surface area contributed by atoms with Gasteiger partial charge in [-0.2, -0.15) is 13.2 Å². The van der Waals surface area contributed by atoms with E-state index in [9.17, 15) is 18.0 Å². The summed E-state index contributed by atoms with van der Waals surface area (Å²) >= 11 is 12.1. The van der Waals surface area contributed by atoms with Crippen molar-refractivity contribution in [2.45, 2.75) is 29.8 Å². The normalized spacial score (nSPS) is 27.4. The highest BCUT2D eigenvalue weighted by Crippen LogP contribution is 2.46. The third-order valence-electron chi connectivity index (χ3n) is 3.07. The van der Waals surface area contributed by atoms with Crippen LogP contribution in [-0.2, 0) is 9.53 Å². The molecule has 0 N–H and O–H groups in total. The van der Waals surface area contributed by atoms with Crippen molar-refractivity contribution < 1.29 is 22.7 Å². The van der Waals surface area contributed by atoms with E-state index in [0.29, 0.717) is 9.78 Å². The van der Waals surface area contributed by atoms with Crippen molar-refractivity contribution in [2.75, 3.05) is 6.54 Å². The van der Waals surface area contributed by atoms with Gasteiger partial charge in [-0.3, -0.25) is 4.79 Å². The van der Waals surface area contributed by atoms with Crippen LogP contribution in [0.3, 0.4) is 0 Å². The minimum atomic E-state index is -4.75. The SMILES string of the molecule is C[C@@]1(C(F)(F)F)O[C@@H](c2cccs2)CN1C(=O)C(Cl)Cl. The van der Waals surface area contributed by atoms with Crippen LogP contribution in [0.25, 0.3) is 0 Å². The molecule has 0 bridgehead atoms. The molecule has 20 heavy (non-hydrogen) atoms. The molecule has 112 valence electrons. The number of nitrogens with zero attached hydrogens (tertiary/aromatic N) is 1. The van der Waals surface area contributed by atoms with Gasteiger partial charge >= 0.3 is 6.18 Å². The van der Waals surface area contributed by atoms with Gasteiger partial charge in [0.05, 0.1) is 6.54 Å². The molecule has 3 nitrogen and oxygen atoms in total. The first-order valence-corrected chi connectivity index (χ1v) is 7.29. The van der Waals surface area contributed by atoms with E-state index in [1.807, 2.05) is 0 Å². The lowest BCUT2D eigenvalue weighted by Crippen LogP contribution is -2.57. The second kappa shape index (κ2) is 5.36. The second-order valence-electron chi connectivity index (χ2n) is 4.35. The summed E-state index contributed by atoms with van der Waals surface area (Å²) in [6, 6.07) is 3.35. The van der Waals surface area contributed by atoms with E-state index in [2.05, 4.69) is 0 Å². The Balaban J connectivity index is 2.35. The zero-order chi connectivity index (χ0) is 15.1. The maximum atomic E-state index is 13.2. The van der Waals surface area contributed by atoms with E-state index in [1.165, 1.54) is 11.3 Å². The van der Waals surface area contributed by atoms with Gasteiger partial charge in [-0.15, -0.1) is 11.3 Å². The molecule has 0 radical (unpaired) electrons. The fourth-order valence-corrected chi connectivity index (χ4v) is 2.96. The van der Waals surface area contributed by atoms with Crippen LogP contribution in [0.15, 0.2) is 17.5 Å². The minimum Gasteiger partial charge on any atom is -0.337 e. The van der Waals surface area contributed by atoms with E-state index >= 15 is 0 Å². The third kappa shape index (κ3) is 2.64. The maximum absolute atomic E-state index is 13.2. The Kier molecular flexibility index (Phi) is 4.26. The summed E-state index contributed by atoms with van der Waals surface area (Å²) < 4.78 is 44.8. The standard InChI is InChI=1S/C11H10Cl2F3NO2S/c1-10(11(14,15)16)17(9(18)8(12)13)5-6(19-10)7-3-2-4-20-7/h2-4,6,8H,5H2,1H3/t6-,10+/m1/s1. The van der Waals surface area contributed by atoms with Gasteiger partial charge in [-0.25, -0.2) is 0 Å². The number of rotatable bonds is 2. The van der Waals surface area contributed by atoms with Gasteiger partial charge in [0.2, 0.25) is 5.72 Å². The van der Waals surface area contributed by atoms with Gasteiger partial charge < -0.3 is 9.64 Å². The summed E-state index contributed by atoms with van der Waals surface area (Å²) in [7, 11) is 0. The van der Waals surface area contributed by atoms with Crippen LogP contribution in [0, 0.1) is 0 Å². The fourth-order valence-electron chi connectivity index (χ4n) is 1.98. The molecule has 1 aromatic rings. The Hall–Kier alpha value is -0.500. The van der Waals surface area contributed by atoms with Gasteiger partial charge in [-0.05, 0) is 18.4 Å². The van der Waals surface area contributed by atoms with Crippen molar-refractivity contribution >= 4 is 40.4 Å². The van der Waals surface area contributed by atoms with E-state index in [-0.39, 0.29) is 6.54 Å². The molecule has 9 heteroatoms. The number of carbonyl (C=O) groups is 1. The Morgan fingerprint density at radius 2 is 2.25 bits per heavy atom. The number of hydrogen-bond donors (Lipinski definition) is 0. The van der Waals surface area contributed by atoms with Crippen LogP contribution in [0.4, 0.5) is 13.2 Å². The van der Waals surface area contributed by atoms with Crippen LogP contribution >= 0.6 is 34.5 Å². The Labute approximate surface area is 127 Å². The molecule has 0 saturated carbocycles. The molecule has 2 heterocycles. The fraction of sp³-hybridized carbons (Fsp3) is 0.545. The molecule has 1 amide bonds. The summed E-state index contributed by atoms with van der Waals surface area (Å²) in [6.45, 7) is 0.556. The highest BCUT2D eigenvalue weighted by atomic mass is 35.5. The van der Waals surface area contributed by atoms with Crippen molar-refractivity contribution in [3.63, 3.8) is 0 Å². The average Bonchev–Trinajstić information content (AvgIpc) is 2.94. The quantitative estimate of drug-likeness (QED) is 0.763. The molecule has 0 unspecified atom stereocenters. The Morgan fingerprint density at radius 3 is 2.70 bits per heavy atom. The van der Waals surface area contributed by atoms with Gasteiger partial charge in [0, 0.05) is 4.88 Å². The van der Waals surface area contributed by atoms with E-state index < -0.39 is 28.7 Å². The zero-order valence-electron chi connectivity index (χ0n) is 10.2. The number of hydrogen-bond acceptors (Lipinski definition) is 3. The van der Waals surface area contributed by atoms with E-state index in [0.717, 1.165) is 6.92 Å². The first-order chi connectivity index (χ1) is 9.17. The number of alkyl halides is 5. The Bertz CT molecular complexity index is 494. The number of ether oxygens (including phenoxy) is 1. The first-order valence-electron chi connectivity index (χ1n) is 5.54. The number of thiophene rings is 1. The maximum Gasteiger partial charge on any atom is 0.436 e. The summed E-state index contributed by atoms with van der Waals surface area (Å²) in [4.78, 5) is 11.4. The molecular weight excluding hydrogens is 338 g/mol. The predicted octanol–water partition coefficient (Wildman–Crippen LogP) is 3.73. The lowest BCUT2D eigenvalue weighted by molar-refractivity contribution is -0.298. The van der Waals surface area contributed by atoms with Crippen molar-refractivity contribution in [1.82, 2.24) is 4.90 Å². The average molecular weight is 348 g/mol. The smallest absolute Gasteiger partial charge is 0.337 e. The highest BCUT2D eigenvalue weighted by Gasteiger charge is 2.63. The van der Waals surface area contributed by atoms with Crippen LogP contribution in [-0.4, -0.2) is 34.1 Å². The lowest BCUT2D eigenvalue weighted by atomic mass is 10.2.